The molecule has 1 rings (SSSR count). The maximum Gasteiger partial charge on any atom is 0.146 e. The van der Waals surface area contributed by atoms with Gasteiger partial charge in [0.15, 0.2) is 0 Å². The fourth-order valence-corrected chi connectivity index (χ4v) is 0.617. The number of carbonyl (C=O) groups excluding carboxylic acids is 1. The molecule has 0 atom stereocenters. The second-order valence-corrected chi connectivity index (χ2v) is 1.73. The predicted molar refractivity (Wildman–Crippen MR) is 33.8 cm³/mol. The predicted octanol–water partition coefficient (Wildman–Crippen LogP) is 0.229. The molecule has 0 radical (unpaired) electrons. The van der Waals surface area contributed by atoms with Crippen molar-refractivity contribution in [3.8, 4) is 0 Å². The molecule has 0 aromatic rings. The van der Waals surface area contributed by atoms with Crippen molar-refractivity contribution >= 4 is 11.8 Å². The molecule has 0 bridgehead atoms. The van der Waals surface area contributed by atoms with Crippen LogP contribution in [0.5, 0.6) is 0 Å². The van der Waals surface area contributed by atoms with Crippen molar-refractivity contribution in [3.63, 3.8) is 0 Å². The van der Waals surface area contributed by atoms with E-state index >= 15 is 0 Å². The van der Waals surface area contributed by atoms with Crippen molar-refractivity contribution in [2.45, 2.75) is 6.42 Å². The number of hydrogen-bond donors (Lipinski definition) is 2. The highest BCUT2D eigenvalue weighted by atomic mass is 16.1. The van der Waals surface area contributed by atoms with Gasteiger partial charge in [-0.1, -0.05) is 6.08 Å². The second kappa shape index (κ2) is 2.29. The first-order valence-corrected chi connectivity index (χ1v) is 2.59. The number of allylic oxidation sites excluding steroid dienone is 1. The largest absolute Gasteiger partial charge is 0.335 e. The first-order valence-electron chi connectivity index (χ1n) is 2.59. The molecule has 0 spiro atoms. The molecule has 0 aromatic carbocycles. The van der Waals surface area contributed by atoms with Crippen molar-refractivity contribution in [2.24, 2.45) is 0 Å². The molecular formula is C6H6N2O. The maximum atomic E-state index is 9.95. The van der Waals surface area contributed by atoms with Crippen LogP contribution in [0.1, 0.15) is 6.42 Å². The fourth-order valence-electron chi connectivity index (χ4n) is 0.617. The van der Waals surface area contributed by atoms with E-state index in [1.165, 1.54) is 0 Å². The Morgan fingerprint density at radius 1 is 1.78 bits per heavy atom. The van der Waals surface area contributed by atoms with E-state index in [4.69, 9.17) is 5.41 Å². The van der Waals surface area contributed by atoms with Crippen molar-refractivity contribution in [3.05, 3.63) is 17.8 Å². The molecule has 46 valence electrons. The number of amidine groups is 1. The average molecular weight is 122 g/mol. The van der Waals surface area contributed by atoms with Gasteiger partial charge in [0, 0.05) is 6.42 Å². The molecule has 0 aromatic heterocycles. The van der Waals surface area contributed by atoms with Gasteiger partial charge in [0.2, 0.25) is 0 Å². The summed E-state index contributed by atoms with van der Waals surface area (Å²) in [6.45, 7) is 0. The Bertz CT molecular complexity index is 211. The second-order valence-electron chi connectivity index (χ2n) is 1.73. The van der Waals surface area contributed by atoms with Gasteiger partial charge in [-0.15, -0.1) is 0 Å². The van der Waals surface area contributed by atoms with Crippen LogP contribution in [0.25, 0.3) is 0 Å². The van der Waals surface area contributed by atoms with E-state index < -0.39 is 0 Å². The molecule has 0 saturated heterocycles. The highest BCUT2D eigenvalue weighted by Crippen LogP contribution is 1.98. The minimum absolute atomic E-state index is 0.250. The van der Waals surface area contributed by atoms with E-state index in [-0.39, 0.29) is 5.84 Å². The summed E-state index contributed by atoms with van der Waals surface area (Å²) in [4.78, 5) is 9.95. The Morgan fingerprint density at radius 2 is 2.56 bits per heavy atom. The van der Waals surface area contributed by atoms with Gasteiger partial charge in [-0.2, -0.15) is 0 Å². The Balaban J connectivity index is 2.80. The van der Waals surface area contributed by atoms with Gasteiger partial charge in [0.1, 0.15) is 17.5 Å². The summed E-state index contributed by atoms with van der Waals surface area (Å²) in [7, 11) is 0. The Kier molecular flexibility index (Phi) is 1.47. The summed E-state index contributed by atoms with van der Waals surface area (Å²) in [5.41, 5.74) is 0.433. The van der Waals surface area contributed by atoms with Crippen LogP contribution < -0.4 is 5.32 Å². The molecule has 9 heavy (non-hydrogen) atoms. The first-order chi connectivity index (χ1) is 4.33. The lowest BCUT2D eigenvalue weighted by Gasteiger charge is -2.06. The molecule has 2 N–H and O–H groups in total. The van der Waals surface area contributed by atoms with E-state index in [0.717, 1.165) is 0 Å². The average Bonchev–Trinajstić information content (AvgIpc) is 1.88. The molecule has 3 heteroatoms. The van der Waals surface area contributed by atoms with Crippen LogP contribution in [0, 0.1) is 5.41 Å². The number of hydrogen-bond acceptors (Lipinski definition) is 2. The zero-order valence-corrected chi connectivity index (χ0v) is 4.77. The maximum absolute atomic E-state index is 9.95. The third-order valence-corrected chi connectivity index (χ3v) is 1.02. The molecule has 0 fully saturated rings. The quantitative estimate of drug-likeness (QED) is 0.452. The summed E-state index contributed by atoms with van der Waals surface area (Å²) in [6.07, 6.45) is 3.92. The van der Waals surface area contributed by atoms with Gasteiger partial charge < -0.3 is 5.32 Å². The molecule has 1 aliphatic rings. The van der Waals surface area contributed by atoms with Crippen molar-refractivity contribution in [1.29, 1.82) is 5.41 Å². The van der Waals surface area contributed by atoms with Crippen molar-refractivity contribution in [2.75, 3.05) is 0 Å². The normalized spacial score (nSPS) is 16.9. The van der Waals surface area contributed by atoms with Gasteiger partial charge in [-0.05, 0) is 6.08 Å². The first kappa shape index (κ1) is 5.79. The van der Waals surface area contributed by atoms with Crippen LogP contribution in [0.3, 0.4) is 0 Å². The highest BCUT2D eigenvalue weighted by Gasteiger charge is 2.01. The van der Waals surface area contributed by atoms with E-state index in [1.807, 2.05) is 0 Å². The monoisotopic (exact) mass is 122 g/mol. The van der Waals surface area contributed by atoms with Gasteiger partial charge in [0.05, 0.1) is 0 Å². The zero-order chi connectivity index (χ0) is 6.69. The Labute approximate surface area is 52.6 Å². The summed E-state index contributed by atoms with van der Waals surface area (Å²) in [6, 6.07) is 0. The summed E-state index contributed by atoms with van der Waals surface area (Å²) >= 11 is 0. The molecule has 0 unspecified atom stereocenters. The number of rotatable bonds is 0. The molecule has 1 aliphatic heterocycles. The van der Waals surface area contributed by atoms with Crippen LogP contribution in [-0.2, 0) is 4.79 Å². The van der Waals surface area contributed by atoms with Crippen LogP contribution in [-0.4, -0.2) is 11.8 Å². The Morgan fingerprint density at radius 3 is 3.00 bits per heavy atom. The van der Waals surface area contributed by atoms with Crippen LogP contribution in [0.15, 0.2) is 17.8 Å². The minimum atomic E-state index is 0.250. The lowest BCUT2D eigenvalue weighted by Crippen LogP contribution is -2.22. The van der Waals surface area contributed by atoms with E-state index in [1.54, 1.807) is 18.1 Å². The molecule has 3 nitrogen and oxygen atoms in total. The third-order valence-electron chi connectivity index (χ3n) is 1.02. The van der Waals surface area contributed by atoms with E-state index in [9.17, 15) is 4.79 Å². The highest BCUT2D eigenvalue weighted by molar-refractivity contribution is 5.93. The fraction of sp³-hybridized carbons (Fsp3) is 0.167. The lowest BCUT2D eigenvalue weighted by molar-refractivity contribution is 0.565. The molecule has 0 aliphatic carbocycles. The lowest BCUT2D eigenvalue weighted by atomic mass is 10.2. The van der Waals surface area contributed by atoms with Crippen molar-refractivity contribution < 1.29 is 4.79 Å². The number of nitrogens with one attached hydrogen (secondary N) is 2. The van der Waals surface area contributed by atoms with Gasteiger partial charge in [-0.25, -0.2) is 4.79 Å². The molecular weight excluding hydrogens is 116 g/mol. The molecule has 1 heterocycles. The molecule has 0 saturated carbocycles. The molecule has 0 amide bonds. The smallest absolute Gasteiger partial charge is 0.146 e. The van der Waals surface area contributed by atoms with E-state index in [2.05, 4.69) is 5.32 Å². The van der Waals surface area contributed by atoms with Gasteiger partial charge >= 0.3 is 0 Å². The summed E-state index contributed by atoms with van der Waals surface area (Å²) in [5.74, 6) is 1.95. The zero-order valence-electron chi connectivity index (χ0n) is 4.77. The SMILES string of the molecule is N=C1C=CCC(=C=O)N1. The minimum Gasteiger partial charge on any atom is -0.335 e. The van der Waals surface area contributed by atoms with Gasteiger partial charge in [0.25, 0.3) is 0 Å². The Hall–Kier alpha value is -1.34. The third kappa shape index (κ3) is 1.27. The standard InChI is InChI=1S/C6H6N2O/c7-6-3-1-2-5(4-9)8-6/h1,3H,2H2,(H2,7,8). The van der Waals surface area contributed by atoms with Crippen molar-refractivity contribution in [1.82, 2.24) is 5.32 Å². The van der Waals surface area contributed by atoms with Crippen LogP contribution in [0.2, 0.25) is 0 Å². The topological polar surface area (TPSA) is 53.0 Å². The van der Waals surface area contributed by atoms with E-state index in [0.29, 0.717) is 12.1 Å². The van der Waals surface area contributed by atoms with Gasteiger partial charge in [-0.3, -0.25) is 5.41 Å². The summed E-state index contributed by atoms with van der Waals surface area (Å²) < 4.78 is 0. The summed E-state index contributed by atoms with van der Waals surface area (Å²) in [5, 5.41) is 9.58. The van der Waals surface area contributed by atoms with Crippen LogP contribution in [0.4, 0.5) is 0 Å². The van der Waals surface area contributed by atoms with Crippen LogP contribution >= 0.6 is 0 Å².